The van der Waals surface area contributed by atoms with Crippen LogP contribution in [0, 0.1) is 0 Å². The second-order valence-electron chi connectivity index (χ2n) is 0.141. The van der Waals surface area contributed by atoms with Gasteiger partial charge in [-0.1, -0.05) is 0 Å². The molecule has 0 bridgehead atoms. The summed E-state index contributed by atoms with van der Waals surface area (Å²) < 4.78 is 0. The van der Waals surface area contributed by atoms with E-state index in [1.807, 2.05) is 0 Å². The second-order valence-corrected chi connectivity index (χ2v) is 0.141. The van der Waals surface area contributed by atoms with Crippen molar-refractivity contribution >= 4 is 0 Å². The predicted molar refractivity (Wildman–Crippen MR) is 10.4 cm³/mol. The van der Waals surface area contributed by atoms with E-state index in [1.54, 1.807) is 0 Å². The van der Waals surface area contributed by atoms with Gasteiger partial charge in [-0.25, -0.2) is 0 Å². The molecule has 0 saturated carbocycles. The van der Waals surface area contributed by atoms with Gasteiger partial charge in [0.2, 0.25) is 0 Å². The standard InChI is InChI=1S/CH4O2.K.H/c2-1-3;;/h2-3H,1H2;;/q;+1;-1. The van der Waals surface area contributed by atoms with E-state index in [-0.39, 0.29) is 52.8 Å². The number of aliphatic hydroxyl groups is 2. The van der Waals surface area contributed by atoms with E-state index in [2.05, 4.69) is 0 Å². The average Bonchev–Trinajstić information content (AvgIpc) is 0.918. The Kier molecular flexibility index (Phi) is 20.1. The van der Waals surface area contributed by atoms with Crippen molar-refractivity contribution in [3.63, 3.8) is 0 Å². The third-order valence-corrected chi connectivity index (χ3v) is 0. The third-order valence-electron chi connectivity index (χ3n) is 0. The zero-order chi connectivity index (χ0) is 2.71. The van der Waals surface area contributed by atoms with Gasteiger partial charge in [-0.3, -0.25) is 0 Å². The van der Waals surface area contributed by atoms with Crippen molar-refractivity contribution in [2.24, 2.45) is 0 Å². The molecule has 0 amide bonds. The molecule has 0 aliphatic carbocycles. The molecule has 0 fully saturated rings. The summed E-state index contributed by atoms with van der Waals surface area (Å²) >= 11 is 0. The molecule has 0 atom stereocenters. The zero-order valence-electron chi connectivity index (χ0n) is 3.60. The van der Waals surface area contributed by atoms with Crippen LogP contribution in [-0.4, -0.2) is 17.0 Å². The smallest absolute Gasteiger partial charge is 1.00 e. The summed E-state index contributed by atoms with van der Waals surface area (Å²) in [5.41, 5.74) is 0. The van der Waals surface area contributed by atoms with Crippen molar-refractivity contribution in [2.45, 2.75) is 0 Å². The summed E-state index contributed by atoms with van der Waals surface area (Å²) in [4.78, 5) is 0. The molecule has 4 heavy (non-hydrogen) atoms. The fourth-order valence-electron chi connectivity index (χ4n) is 0. The molecule has 0 saturated heterocycles. The predicted octanol–water partition coefficient (Wildman–Crippen LogP) is -3.95. The summed E-state index contributed by atoms with van der Waals surface area (Å²) in [5, 5.41) is 14.2. The number of hydrogen-bond donors (Lipinski definition) is 2. The molecule has 0 aliphatic heterocycles. The quantitative estimate of drug-likeness (QED) is 0.234. The van der Waals surface area contributed by atoms with E-state index in [1.165, 1.54) is 0 Å². The van der Waals surface area contributed by atoms with Crippen LogP contribution in [-0.2, 0) is 0 Å². The minimum atomic E-state index is -0.750. The zero-order valence-corrected chi connectivity index (χ0v) is 5.72. The van der Waals surface area contributed by atoms with Gasteiger partial charge in [-0.2, -0.15) is 0 Å². The Labute approximate surface area is 68.7 Å². The van der Waals surface area contributed by atoms with E-state index in [9.17, 15) is 0 Å². The first kappa shape index (κ1) is 9.12. The first-order valence-corrected chi connectivity index (χ1v) is 0.632. The molecule has 0 aromatic carbocycles. The third kappa shape index (κ3) is 9.59. The van der Waals surface area contributed by atoms with Crippen LogP contribution in [0.3, 0.4) is 0 Å². The van der Waals surface area contributed by atoms with Gasteiger partial charge in [0.15, 0.2) is 0 Å². The van der Waals surface area contributed by atoms with Crippen LogP contribution in [0.25, 0.3) is 0 Å². The molecule has 0 heterocycles. The maximum atomic E-state index is 7.12. The molecule has 3 heteroatoms. The molecule has 2 N–H and O–H groups in total. The summed E-state index contributed by atoms with van der Waals surface area (Å²) in [6.45, 7) is -0.750. The van der Waals surface area contributed by atoms with Crippen molar-refractivity contribution in [2.75, 3.05) is 6.79 Å². The van der Waals surface area contributed by atoms with Gasteiger partial charge in [0.1, 0.15) is 6.79 Å². The van der Waals surface area contributed by atoms with Crippen LogP contribution in [0.15, 0.2) is 0 Å². The summed E-state index contributed by atoms with van der Waals surface area (Å²) in [5.74, 6) is 0. The van der Waals surface area contributed by atoms with Gasteiger partial charge in [-0.15, -0.1) is 0 Å². The minimum absolute atomic E-state index is 0. The Morgan fingerprint density at radius 2 is 1.50 bits per heavy atom. The van der Waals surface area contributed by atoms with Gasteiger partial charge in [0.05, 0.1) is 0 Å². The monoisotopic (exact) mass is 88.0 g/mol. The van der Waals surface area contributed by atoms with Gasteiger partial charge >= 0.3 is 51.4 Å². The van der Waals surface area contributed by atoms with E-state index < -0.39 is 6.79 Å². The molecule has 0 aliphatic rings. The molecule has 0 radical (unpaired) electrons. The second kappa shape index (κ2) is 8.82. The minimum Gasteiger partial charge on any atom is -1.00 e. The Hall–Kier alpha value is 1.56. The van der Waals surface area contributed by atoms with Gasteiger partial charge in [0, 0.05) is 0 Å². The molecular weight excluding hydrogens is 83.1 g/mol. The molecule has 2 nitrogen and oxygen atoms in total. The Morgan fingerprint density at radius 3 is 1.50 bits per heavy atom. The maximum absolute atomic E-state index is 7.12. The number of rotatable bonds is 0. The van der Waals surface area contributed by atoms with Crippen molar-refractivity contribution in [1.29, 1.82) is 0 Å². The van der Waals surface area contributed by atoms with E-state index in [0.29, 0.717) is 0 Å². The number of hydrogen-bond acceptors (Lipinski definition) is 2. The van der Waals surface area contributed by atoms with Crippen LogP contribution in [0.5, 0.6) is 0 Å². The molecule has 0 rings (SSSR count). The molecule has 0 spiro atoms. The van der Waals surface area contributed by atoms with Gasteiger partial charge in [0.25, 0.3) is 0 Å². The van der Waals surface area contributed by atoms with Crippen molar-refractivity contribution in [3.8, 4) is 0 Å². The van der Waals surface area contributed by atoms with Gasteiger partial charge < -0.3 is 11.6 Å². The van der Waals surface area contributed by atoms with Crippen molar-refractivity contribution < 1.29 is 63.0 Å². The summed E-state index contributed by atoms with van der Waals surface area (Å²) in [7, 11) is 0. The molecule has 0 unspecified atom stereocenters. The summed E-state index contributed by atoms with van der Waals surface area (Å²) in [6, 6.07) is 0. The molecular formula is CH5KO2. The van der Waals surface area contributed by atoms with Crippen LogP contribution in [0.2, 0.25) is 0 Å². The van der Waals surface area contributed by atoms with Crippen LogP contribution in [0.1, 0.15) is 1.43 Å². The normalized spacial score (nSPS) is 4.50. The fourth-order valence-corrected chi connectivity index (χ4v) is 0. The Morgan fingerprint density at radius 1 is 1.50 bits per heavy atom. The molecule has 0 aromatic heterocycles. The van der Waals surface area contributed by atoms with Crippen LogP contribution < -0.4 is 51.4 Å². The molecule has 0 aromatic rings. The van der Waals surface area contributed by atoms with Crippen LogP contribution >= 0.6 is 0 Å². The van der Waals surface area contributed by atoms with E-state index in [0.717, 1.165) is 0 Å². The first-order chi connectivity index (χ1) is 1.41. The van der Waals surface area contributed by atoms with Gasteiger partial charge in [-0.05, 0) is 0 Å². The van der Waals surface area contributed by atoms with Crippen molar-refractivity contribution in [3.05, 3.63) is 0 Å². The SMILES string of the molecule is OCO.[H-].[K+]. The number of aliphatic hydroxyl groups excluding tert-OH is 1. The van der Waals surface area contributed by atoms with Crippen molar-refractivity contribution in [1.82, 2.24) is 0 Å². The topological polar surface area (TPSA) is 40.5 Å². The summed E-state index contributed by atoms with van der Waals surface area (Å²) in [6.07, 6.45) is 0. The van der Waals surface area contributed by atoms with Crippen LogP contribution in [0.4, 0.5) is 0 Å². The van der Waals surface area contributed by atoms with E-state index in [4.69, 9.17) is 10.2 Å². The van der Waals surface area contributed by atoms with E-state index >= 15 is 0 Å². The fraction of sp³-hybridized carbons (Fsp3) is 1.00. The maximum Gasteiger partial charge on any atom is 1.00 e. The average molecular weight is 88.1 g/mol. The largest absolute Gasteiger partial charge is 1.00 e. The Balaban J connectivity index is -0.0000000200. The molecule has 22 valence electrons. The Bertz CT molecular complexity index is 9.61. The first-order valence-electron chi connectivity index (χ1n) is 0.632.